The van der Waals surface area contributed by atoms with Crippen LogP contribution >= 0.6 is 0 Å². The van der Waals surface area contributed by atoms with Crippen molar-refractivity contribution in [1.29, 1.82) is 0 Å². The zero-order chi connectivity index (χ0) is 13.5. The Labute approximate surface area is 109 Å². The lowest BCUT2D eigenvalue weighted by atomic mass is 10.0. The molecule has 0 radical (unpaired) electrons. The minimum Gasteiger partial charge on any atom is -0.350 e. The van der Waals surface area contributed by atoms with Crippen molar-refractivity contribution in [2.24, 2.45) is 5.73 Å². The third-order valence-electron chi connectivity index (χ3n) is 2.81. The minimum absolute atomic E-state index is 0.0433. The predicted octanol–water partition coefficient (Wildman–Crippen LogP) is 1.83. The molecule has 0 heterocycles. The van der Waals surface area contributed by atoms with Crippen LogP contribution in [0.3, 0.4) is 0 Å². The number of nitrogens with one attached hydrogen (secondary N) is 1. The molecular weight excluding hydrogens is 224 g/mol. The van der Waals surface area contributed by atoms with E-state index in [1.165, 1.54) is 0 Å². The highest BCUT2D eigenvalue weighted by Gasteiger charge is 2.11. The quantitative estimate of drug-likeness (QED) is 0.797. The number of hydrogen-bond acceptors (Lipinski definition) is 2. The Kier molecular flexibility index (Phi) is 5.41. The summed E-state index contributed by atoms with van der Waals surface area (Å²) >= 11 is 0. The lowest BCUT2D eigenvalue weighted by Crippen LogP contribution is -2.32. The molecule has 1 atom stereocenters. The molecule has 96 valence electrons. The predicted molar refractivity (Wildman–Crippen MR) is 74.3 cm³/mol. The fourth-order valence-corrected chi connectivity index (χ4v) is 1.50. The first kappa shape index (κ1) is 14.3. The van der Waals surface area contributed by atoms with E-state index in [1.807, 2.05) is 39.0 Å². The van der Waals surface area contributed by atoms with Gasteiger partial charge < -0.3 is 11.1 Å². The first-order chi connectivity index (χ1) is 8.58. The van der Waals surface area contributed by atoms with Crippen molar-refractivity contribution in [3.05, 3.63) is 34.9 Å². The van der Waals surface area contributed by atoms with E-state index in [-0.39, 0.29) is 11.9 Å². The van der Waals surface area contributed by atoms with E-state index in [9.17, 15) is 4.79 Å². The van der Waals surface area contributed by atoms with E-state index >= 15 is 0 Å². The molecule has 0 bridgehead atoms. The summed E-state index contributed by atoms with van der Waals surface area (Å²) in [6.45, 7) is 6.28. The normalized spacial score (nSPS) is 11.3. The third kappa shape index (κ3) is 3.90. The van der Waals surface area contributed by atoms with Crippen LogP contribution < -0.4 is 11.1 Å². The van der Waals surface area contributed by atoms with Gasteiger partial charge in [0.2, 0.25) is 0 Å². The van der Waals surface area contributed by atoms with Gasteiger partial charge in [-0.3, -0.25) is 4.79 Å². The van der Waals surface area contributed by atoms with Crippen LogP contribution in [-0.2, 0) is 0 Å². The molecule has 1 rings (SSSR count). The largest absolute Gasteiger partial charge is 0.350 e. The molecule has 18 heavy (non-hydrogen) atoms. The molecular formula is C15H20N2O. The summed E-state index contributed by atoms with van der Waals surface area (Å²) in [4.78, 5) is 12.1. The standard InChI is InChI=1S/C15H20N2O/c1-4-12(3)17-15(18)14-10-13(6-5-9-16)8-7-11(14)2/h7-8,10,12H,4,9,16H2,1-3H3,(H,17,18). The number of aryl methyl sites for hydroxylation is 1. The number of carbonyl (C=O) groups excluding carboxylic acids is 1. The van der Waals surface area contributed by atoms with Gasteiger partial charge in [-0.2, -0.15) is 0 Å². The Morgan fingerprint density at radius 2 is 2.22 bits per heavy atom. The highest BCUT2D eigenvalue weighted by molar-refractivity contribution is 5.96. The van der Waals surface area contributed by atoms with E-state index in [4.69, 9.17) is 5.73 Å². The zero-order valence-electron chi connectivity index (χ0n) is 11.2. The number of rotatable bonds is 3. The molecule has 0 aromatic heterocycles. The molecule has 1 aromatic rings. The molecule has 0 aliphatic heterocycles. The maximum atomic E-state index is 12.1. The molecule has 0 saturated carbocycles. The van der Waals surface area contributed by atoms with Gasteiger partial charge in [-0.05, 0) is 38.0 Å². The SMILES string of the molecule is CCC(C)NC(=O)c1cc(C#CCN)ccc1C. The molecule has 0 aliphatic rings. The Bertz CT molecular complexity index is 483. The molecule has 0 aliphatic carbocycles. The minimum atomic E-state index is -0.0433. The van der Waals surface area contributed by atoms with Gasteiger partial charge in [-0.1, -0.05) is 24.8 Å². The number of amides is 1. The maximum absolute atomic E-state index is 12.1. The lowest BCUT2D eigenvalue weighted by molar-refractivity contribution is 0.0938. The van der Waals surface area contributed by atoms with Gasteiger partial charge in [0.1, 0.15) is 0 Å². The fraction of sp³-hybridized carbons (Fsp3) is 0.400. The summed E-state index contributed by atoms with van der Waals surface area (Å²) in [6, 6.07) is 5.80. The summed E-state index contributed by atoms with van der Waals surface area (Å²) in [5, 5.41) is 2.96. The second-order valence-corrected chi connectivity index (χ2v) is 4.32. The second kappa shape index (κ2) is 6.83. The first-order valence-corrected chi connectivity index (χ1v) is 6.19. The molecule has 0 spiro atoms. The van der Waals surface area contributed by atoms with Gasteiger partial charge in [0.05, 0.1) is 6.54 Å². The van der Waals surface area contributed by atoms with E-state index in [0.717, 1.165) is 17.5 Å². The van der Waals surface area contributed by atoms with Crippen LogP contribution in [0, 0.1) is 18.8 Å². The number of hydrogen-bond donors (Lipinski definition) is 2. The summed E-state index contributed by atoms with van der Waals surface area (Å²) < 4.78 is 0. The number of nitrogens with two attached hydrogens (primary N) is 1. The monoisotopic (exact) mass is 244 g/mol. The van der Waals surface area contributed by atoms with Crippen molar-refractivity contribution < 1.29 is 4.79 Å². The van der Waals surface area contributed by atoms with Gasteiger partial charge in [0, 0.05) is 17.2 Å². The molecule has 3 N–H and O–H groups in total. The van der Waals surface area contributed by atoms with Crippen molar-refractivity contribution in [3.8, 4) is 11.8 Å². The maximum Gasteiger partial charge on any atom is 0.251 e. The highest BCUT2D eigenvalue weighted by Crippen LogP contribution is 2.11. The van der Waals surface area contributed by atoms with Crippen LogP contribution in [0.4, 0.5) is 0 Å². The zero-order valence-corrected chi connectivity index (χ0v) is 11.2. The first-order valence-electron chi connectivity index (χ1n) is 6.19. The third-order valence-corrected chi connectivity index (χ3v) is 2.81. The molecule has 3 nitrogen and oxygen atoms in total. The fourth-order valence-electron chi connectivity index (χ4n) is 1.50. The van der Waals surface area contributed by atoms with Gasteiger partial charge in [0.25, 0.3) is 5.91 Å². The molecule has 1 aromatic carbocycles. The van der Waals surface area contributed by atoms with Crippen LogP contribution in [0.2, 0.25) is 0 Å². The molecule has 0 saturated heterocycles. The average molecular weight is 244 g/mol. The van der Waals surface area contributed by atoms with Crippen LogP contribution in [0.15, 0.2) is 18.2 Å². The Balaban J connectivity index is 2.96. The van der Waals surface area contributed by atoms with Crippen molar-refractivity contribution in [2.45, 2.75) is 33.2 Å². The lowest BCUT2D eigenvalue weighted by Gasteiger charge is -2.13. The highest BCUT2D eigenvalue weighted by atomic mass is 16.1. The molecule has 0 fully saturated rings. The van der Waals surface area contributed by atoms with Crippen molar-refractivity contribution >= 4 is 5.91 Å². The smallest absolute Gasteiger partial charge is 0.251 e. The van der Waals surface area contributed by atoms with Crippen LogP contribution in [-0.4, -0.2) is 18.5 Å². The van der Waals surface area contributed by atoms with Crippen LogP contribution in [0.1, 0.15) is 41.8 Å². The van der Waals surface area contributed by atoms with Gasteiger partial charge >= 0.3 is 0 Å². The summed E-state index contributed by atoms with van der Waals surface area (Å²) in [5.41, 5.74) is 7.79. The van der Waals surface area contributed by atoms with E-state index < -0.39 is 0 Å². The van der Waals surface area contributed by atoms with E-state index in [1.54, 1.807) is 0 Å². The average Bonchev–Trinajstić information content (AvgIpc) is 2.37. The van der Waals surface area contributed by atoms with Gasteiger partial charge in [-0.15, -0.1) is 0 Å². The Hall–Kier alpha value is -1.79. The molecule has 1 amide bonds. The van der Waals surface area contributed by atoms with Gasteiger partial charge in [0.15, 0.2) is 0 Å². The number of benzene rings is 1. The van der Waals surface area contributed by atoms with Crippen molar-refractivity contribution in [3.63, 3.8) is 0 Å². The van der Waals surface area contributed by atoms with Crippen molar-refractivity contribution in [1.82, 2.24) is 5.32 Å². The summed E-state index contributed by atoms with van der Waals surface area (Å²) in [5.74, 6) is 5.68. The van der Waals surface area contributed by atoms with Crippen LogP contribution in [0.25, 0.3) is 0 Å². The van der Waals surface area contributed by atoms with Crippen LogP contribution in [0.5, 0.6) is 0 Å². The summed E-state index contributed by atoms with van der Waals surface area (Å²) in [7, 11) is 0. The van der Waals surface area contributed by atoms with Gasteiger partial charge in [-0.25, -0.2) is 0 Å². The molecule has 1 unspecified atom stereocenters. The Morgan fingerprint density at radius 1 is 1.50 bits per heavy atom. The second-order valence-electron chi connectivity index (χ2n) is 4.32. The van der Waals surface area contributed by atoms with Crippen molar-refractivity contribution in [2.75, 3.05) is 6.54 Å². The number of carbonyl (C=O) groups is 1. The Morgan fingerprint density at radius 3 is 2.83 bits per heavy atom. The molecule has 3 heteroatoms. The van der Waals surface area contributed by atoms with E-state index in [2.05, 4.69) is 17.2 Å². The van der Waals surface area contributed by atoms with E-state index in [0.29, 0.717) is 12.1 Å². The topological polar surface area (TPSA) is 55.1 Å². The summed E-state index contributed by atoms with van der Waals surface area (Å²) in [6.07, 6.45) is 0.914.